The van der Waals surface area contributed by atoms with Crippen LogP contribution in [0.15, 0.2) is 42.5 Å². The first-order valence-electron chi connectivity index (χ1n) is 13.0. The lowest BCUT2D eigenvalue weighted by atomic mass is 9.91. The van der Waals surface area contributed by atoms with Crippen LogP contribution in [0.5, 0.6) is 11.5 Å². The number of phenols is 2. The molecule has 1 aliphatic carbocycles. The van der Waals surface area contributed by atoms with Crippen molar-refractivity contribution in [3.63, 3.8) is 0 Å². The summed E-state index contributed by atoms with van der Waals surface area (Å²) in [6.07, 6.45) is 9.55. The van der Waals surface area contributed by atoms with Gasteiger partial charge < -0.3 is 20.4 Å². The third kappa shape index (κ3) is 7.07. The second-order valence-corrected chi connectivity index (χ2v) is 10.5. The summed E-state index contributed by atoms with van der Waals surface area (Å²) < 4.78 is 0. The molecule has 35 heavy (non-hydrogen) atoms. The monoisotopic (exact) mass is 478 g/mol. The predicted molar refractivity (Wildman–Crippen MR) is 138 cm³/mol. The number of aromatic hydroxyl groups is 2. The maximum atomic E-state index is 12.6. The number of nitrogens with zero attached hydrogens (tertiary/aromatic N) is 1. The highest BCUT2D eigenvalue weighted by molar-refractivity contribution is 5.94. The van der Waals surface area contributed by atoms with E-state index in [4.69, 9.17) is 0 Å². The van der Waals surface area contributed by atoms with Crippen molar-refractivity contribution in [3.05, 3.63) is 53.6 Å². The minimum atomic E-state index is -0.229. The van der Waals surface area contributed by atoms with E-state index in [-0.39, 0.29) is 29.1 Å². The van der Waals surface area contributed by atoms with Crippen LogP contribution in [0.1, 0.15) is 67.8 Å². The second kappa shape index (κ2) is 11.7. The lowest BCUT2D eigenvalue weighted by Gasteiger charge is -2.20. The van der Waals surface area contributed by atoms with Crippen molar-refractivity contribution in [1.82, 2.24) is 4.90 Å². The third-order valence-corrected chi connectivity index (χ3v) is 7.83. The highest BCUT2D eigenvalue weighted by Gasteiger charge is 2.29. The summed E-state index contributed by atoms with van der Waals surface area (Å²) in [5, 5.41) is 21.9. The number of rotatable bonds is 8. The van der Waals surface area contributed by atoms with Gasteiger partial charge in [0, 0.05) is 23.9 Å². The van der Waals surface area contributed by atoms with E-state index in [1.165, 1.54) is 56.2 Å². The molecule has 188 valence electrons. The fraction of sp³-hybridized carbons (Fsp3) is 0.517. The van der Waals surface area contributed by atoms with Gasteiger partial charge in [0.2, 0.25) is 5.91 Å². The topological polar surface area (TPSA) is 89.9 Å². The van der Waals surface area contributed by atoms with E-state index in [2.05, 4.69) is 22.3 Å². The minimum absolute atomic E-state index is 0.0220. The quantitative estimate of drug-likeness (QED) is 0.205. The number of Topliss-reactive ketones (excluding diaryl/α,β-unsaturated/α-hetero) is 1. The number of likely N-dealkylation sites (tertiary alicyclic amines) is 1. The highest BCUT2D eigenvalue weighted by Crippen LogP contribution is 2.32. The van der Waals surface area contributed by atoms with Gasteiger partial charge in [-0.15, -0.1) is 0 Å². The molecule has 3 N–H and O–H groups in total. The number of anilines is 1. The maximum absolute atomic E-state index is 12.6. The Labute approximate surface area is 208 Å². The molecule has 4 rings (SSSR count). The van der Waals surface area contributed by atoms with E-state index in [1.54, 1.807) is 13.0 Å². The molecule has 2 aromatic carbocycles. The lowest BCUT2D eigenvalue weighted by Crippen LogP contribution is -2.28. The standard InChI is InChI=1S/C29H38N2O4/c1-20(32)24-9-7-23(8-10-24)17-22-4-2-3-21(5-6-22)13-15-31-16-14-25(19-31)29(35)30-26-11-12-27(33)28(34)18-26/h7-12,18,21-22,25,33-34H,2-6,13-17,19H2,1H3,(H,30,35). The Morgan fingerprint density at radius 2 is 1.69 bits per heavy atom. The molecule has 2 aromatic rings. The molecule has 2 aliphatic rings. The molecule has 0 spiro atoms. The normalized spacial score (nSPS) is 23.1. The molecule has 3 unspecified atom stereocenters. The highest BCUT2D eigenvalue weighted by atomic mass is 16.3. The molecule has 2 fully saturated rings. The summed E-state index contributed by atoms with van der Waals surface area (Å²) in [7, 11) is 0. The van der Waals surface area contributed by atoms with Crippen LogP contribution in [-0.2, 0) is 11.2 Å². The fourth-order valence-electron chi connectivity index (χ4n) is 5.62. The molecule has 1 saturated carbocycles. The van der Waals surface area contributed by atoms with Gasteiger partial charge in [-0.25, -0.2) is 0 Å². The van der Waals surface area contributed by atoms with Gasteiger partial charge >= 0.3 is 0 Å². The number of nitrogens with one attached hydrogen (secondary N) is 1. The van der Waals surface area contributed by atoms with Gasteiger partial charge in [0.1, 0.15) is 0 Å². The van der Waals surface area contributed by atoms with E-state index in [1.807, 2.05) is 12.1 Å². The molecule has 3 atom stereocenters. The average molecular weight is 479 g/mol. The molecule has 6 nitrogen and oxygen atoms in total. The van der Waals surface area contributed by atoms with Crippen molar-refractivity contribution in [2.75, 3.05) is 25.0 Å². The van der Waals surface area contributed by atoms with Crippen LogP contribution in [-0.4, -0.2) is 46.4 Å². The zero-order chi connectivity index (χ0) is 24.8. The molecule has 1 amide bonds. The van der Waals surface area contributed by atoms with E-state index in [0.29, 0.717) is 5.69 Å². The Kier molecular flexibility index (Phi) is 8.45. The zero-order valence-corrected chi connectivity index (χ0v) is 20.7. The summed E-state index contributed by atoms with van der Waals surface area (Å²) >= 11 is 0. The Bertz CT molecular complexity index is 1020. The SMILES string of the molecule is CC(=O)c1ccc(CC2CCCC(CCN3CCC(C(=O)Nc4ccc(O)c(O)c4)C3)CC2)cc1. The van der Waals surface area contributed by atoms with E-state index >= 15 is 0 Å². The van der Waals surface area contributed by atoms with Gasteiger partial charge in [-0.05, 0) is 75.2 Å². The van der Waals surface area contributed by atoms with E-state index in [9.17, 15) is 19.8 Å². The van der Waals surface area contributed by atoms with Gasteiger partial charge in [0.15, 0.2) is 17.3 Å². The van der Waals surface area contributed by atoms with Crippen LogP contribution in [0.2, 0.25) is 0 Å². The van der Waals surface area contributed by atoms with Gasteiger partial charge in [0.25, 0.3) is 0 Å². The first kappa shape index (κ1) is 25.2. The Balaban J connectivity index is 1.18. The molecular weight excluding hydrogens is 440 g/mol. The summed E-state index contributed by atoms with van der Waals surface area (Å²) in [6, 6.07) is 12.5. The summed E-state index contributed by atoms with van der Waals surface area (Å²) in [5.41, 5.74) is 2.63. The van der Waals surface area contributed by atoms with Crippen LogP contribution >= 0.6 is 0 Å². The Morgan fingerprint density at radius 3 is 2.43 bits per heavy atom. The first-order valence-corrected chi connectivity index (χ1v) is 13.0. The summed E-state index contributed by atoms with van der Waals surface area (Å²) in [4.78, 5) is 26.6. The predicted octanol–water partition coefficient (Wildman–Crippen LogP) is 5.39. The number of benzene rings is 2. The van der Waals surface area contributed by atoms with E-state index in [0.717, 1.165) is 49.9 Å². The van der Waals surface area contributed by atoms with Gasteiger partial charge in [-0.1, -0.05) is 49.9 Å². The fourth-order valence-corrected chi connectivity index (χ4v) is 5.62. The summed E-state index contributed by atoms with van der Waals surface area (Å²) in [6.45, 7) is 4.39. The van der Waals surface area contributed by atoms with Gasteiger partial charge in [-0.2, -0.15) is 0 Å². The molecule has 0 bridgehead atoms. The molecule has 0 radical (unpaired) electrons. The number of ketones is 1. The molecule has 1 aliphatic heterocycles. The zero-order valence-electron chi connectivity index (χ0n) is 20.7. The molecule has 6 heteroatoms. The van der Waals surface area contributed by atoms with Crippen molar-refractivity contribution >= 4 is 17.4 Å². The van der Waals surface area contributed by atoms with Gasteiger partial charge in [0.05, 0.1) is 5.92 Å². The minimum Gasteiger partial charge on any atom is -0.504 e. The largest absolute Gasteiger partial charge is 0.504 e. The van der Waals surface area contributed by atoms with Crippen LogP contribution in [0.25, 0.3) is 0 Å². The Hall–Kier alpha value is -2.86. The molecular formula is C29H38N2O4. The van der Waals surface area contributed by atoms with Crippen LogP contribution in [0.4, 0.5) is 5.69 Å². The molecule has 0 aromatic heterocycles. The number of hydrogen-bond acceptors (Lipinski definition) is 5. The average Bonchev–Trinajstić information content (AvgIpc) is 3.21. The first-order chi connectivity index (χ1) is 16.9. The van der Waals surface area contributed by atoms with Crippen LogP contribution in [0, 0.1) is 17.8 Å². The number of amides is 1. The summed E-state index contributed by atoms with van der Waals surface area (Å²) in [5.74, 6) is 1.12. The van der Waals surface area contributed by atoms with Crippen molar-refractivity contribution in [2.45, 2.75) is 58.3 Å². The maximum Gasteiger partial charge on any atom is 0.228 e. The van der Waals surface area contributed by atoms with Crippen LogP contribution in [0.3, 0.4) is 0 Å². The van der Waals surface area contributed by atoms with Crippen molar-refractivity contribution in [2.24, 2.45) is 17.8 Å². The Morgan fingerprint density at radius 1 is 0.943 bits per heavy atom. The lowest BCUT2D eigenvalue weighted by molar-refractivity contribution is -0.119. The van der Waals surface area contributed by atoms with Crippen LogP contribution < -0.4 is 5.32 Å². The van der Waals surface area contributed by atoms with Crippen molar-refractivity contribution < 1.29 is 19.8 Å². The molecule has 1 saturated heterocycles. The number of carbonyl (C=O) groups is 2. The molecule has 1 heterocycles. The smallest absolute Gasteiger partial charge is 0.228 e. The third-order valence-electron chi connectivity index (χ3n) is 7.83. The number of carbonyl (C=O) groups excluding carboxylic acids is 2. The van der Waals surface area contributed by atoms with E-state index < -0.39 is 0 Å². The van der Waals surface area contributed by atoms with Gasteiger partial charge in [-0.3, -0.25) is 9.59 Å². The second-order valence-electron chi connectivity index (χ2n) is 10.5. The number of phenolic OH excluding ortho intramolecular Hbond substituents is 2. The van der Waals surface area contributed by atoms with Crippen molar-refractivity contribution in [1.29, 1.82) is 0 Å². The number of hydrogen-bond donors (Lipinski definition) is 3. The van der Waals surface area contributed by atoms with Crippen molar-refractivity contribution in [3.8, 4) is 11.5 Å².